The number of fused-ring (bicyclic) bond motifs is 2. The van der Waals surface area contributed by atoms with E-state index in [1.165, 1.54) is 12.1 Å². The molecule has 1 saturated heterocycles. The Morgan fingerprint density at radius 3 is 2.47 bits per heavy atom. The number of piperazine rings is 1. The van der Waals surface area contributed by atoms with Crippen molar-refractivity contribution in [1.29, 1.82) is 0 Å². The number of H-pyrrole nitrogens is 1. The lowest BCUT2D eigenvalue weighted by molar-refractivity contribution is 0.0741. The van der Waals surface area contributed by atoms with Crippen LogP contribution < -0.4 is 21.1 Å². The number of halogens is 1. The minimum Gasteiger partial charge on any atom is -0.454 e. The van der Waals surface area contributed by atoms with Crippen LogP contribution in [0.2, 0.25) is 5.02 Å². The monoisotopic (exact) mass is 556 g/mol. The lowest BCUT2D eigenvalue weighted by Gasteiger charge is -2.36. The Kier molecular flexibility index (Phi) is 6.53. The van der Waals surface area contributed by atoms with Crippen molar-refractivity contribution in [3.05, 3.63) is 70.0 Å². The average Bonchev–Trinajstić information content (AvgIpc) is 3.37. The van der Waals surface area contributed by atoms with E-state index in [0.717, 1.165) is 5.69 Å². The van der Waals surface area contributed by atoms with Gasteiger partial charge in [0.25, 0.3) is 11.8 Å². The van der Waals surface area contributed by atoms with Gasteiger partial charge >= 0.3 is 0 Å². The highest BCUT2D eigenvalue weighted by atomic mass is 35.5. The van der Waals surface area contributed by atoms with Crippen LogP contribution in [0.15, 0.2) is 52.5 Å². The third-order valence-electron chi connectivity index (χ3n) is 6.47. The number of aromatic nitrogens is 1. The Hall–Kier alpha value is -4.03. The number of hydrogen-bond acceptors (Lipinski definition) is 6. The summed E-state index contributed by atoms with van der Waals surface area (Å²) in [5.41, 5.74) is 12.7. The van der Waals surface area contributed by atoms with Gasteiger partial charge in [0.2, 0.25) is 0 Å². The summed E-state index contributed by atoms with van der Waals surface area (Å²) in [7, 11) is -3.93. The Labute approximate surface area is 223 Å². The van der Waals surface area contributed by atoms with Crippen molar-refractivity contribution in [3.8, 4) is 11.5 Å². The second kappa shape index (κ2) is 9.69. The van der Waals surface area contributed by atoms with Gasteiger partial charge in [0, 0.05) is 49.2 Å². The topological polar surface area (TPSA) is 164 Å². The highest BCUT2D eigenvalue weighted by Gasteiger charge is 2.32. The normalized spacial score (nSPS) is 16.1. The maximum atomic E-state index is 13.5. The van der Waals surface area contributed by atoms with Gasteiger partial charge in [0.05, 0.1) is 10.8 Å². The van der Waals surface area contributed by atoms with Crippen LogP contribution >= 0.6 is 11.6 Å². The summed E-state index contributed by atoms with van der Waals surface area (Å²) in [4.78, 5) is 35.1. The molecule has 0 atom stereocenters. The summed E-state index contributed by atoms with van der Waals surface area (Å²) < 4.78 is 33.0. The van der Waals surface area contributed by atoms with E-state index < -0.39 is 21.7 Å². The molecule has 38 heavy (non-hydrogen) atoms. The molecule has 1 fully saturated rings. The number of aliphatic imine (C=N–C) groups is 1. The van der Waals surface area contributed by atoms with Crippen LogP contribution in [-0.2, 0) is 15.6 Å². The molecule has 11 nitrogen and oxygen atoms in total. The first-order chi connectivity index (χ1) is 18.0. The Morgan fingerprint density at radius 1 is 1.08 bits per heavy atom. The van der Waals surface area contributed by atoms with E-state index in [2.05, 4.69) is 9.98 Å². The molecule has 0 spiro atoms. The van der Waals surface area contributed by atoms with E-state index in [1.54, 1.807) is 42.3 Å². The minimum absolute atomic E-state index is 0.0198. The van der Waals surface area contributed by atoms with E-state index in [1.807, 2.05) is 4.90 Å². The maximum absolute atomic E-state index is 13.5. The van der Waals surface area contributed by atoms with Gasteiger partial charge in [0.1, 0.15) is 22.1 Å². The van der Waals surface area contributed by atoms with Crippen LogP contribution in [0.1, 0.15) is 32.0 Å². The molecule has 198 valence electrons. The molecular weight excluding hydrogens is 532 g/mol. The highest BCUT2D eigenvalue weighted by Crippen LogP contribution is 2.45. The number of sulfone groups is 1. The van der Waals surface area contributed by atoms with Crippen LogP contribution in [0.3, 0.4) is 0 Å². The fourth-order valence-electron chi connectivity index (χ4n) is 4.63. The number of benzene rings is 2. The molecule has 0 bridgehead atoms. The predicted molar refractivity (Wildman–Crippen MR) is 143 cm³/mol. The van der Waals surface area contributed by atoms with Crippen LogP contribution in [-0.4, -0.2) is 62.3 Å². The van der Waals surface area contributed by atoms with Crippen LogP contribution in [0, 0.1) is 6.92 Å². The second-order valence-corrected chi connectivity index (χ2v) is 11.5. The molecule has 0 saturated carbocycles. The number of nitrogens with two attached hydrogens (primary N) is 2. The standard InChI is InChI=1S/C25H25ClN6O5S/c1-14-9-15(23(33)30-25(27)28)11-20-21(14)37-22-16(13-38(20,35)36)10-17(12-18(22)26)31-5-7-32(8-6-31)24(34)19-3-2-4-29-19/h2-4,9-12,29H,5-8,13H2,1H3,(H4,27,28,30,33). The molecule has 3 heterocycles. The predicted octanol–water partition coefficient (Wildman–Crippen LogP) is 2.43. The number of anilines is 1. The zero-order chi connectivity index (χ0) is 27.2. The van der Waals surface area contributed by atoms with Crippen molar-refractivity contribution in [2.24, 2.45) is 16.5 Å². The molecule has 0 unspecified atom stereocenters. The summed E-state index contributed by atoms with van der Waals surface area (Å²) >= 11 is 6.62. The first kappa shape index (κ1) is 25.6. The number of rotatable bonds is 3. The molecular formula is C25H25ClN6O5S. The van der Waals surface area contributed by atoms with Crippen LogP contribution in [0.25, 0.3) is 0 Å². The quantitative estimate of drug-likeness (QED) is 0.327. The molecule has 3 aromatic rings. The van der Waals surface area contributed by atoms with Crippen LogP contribution in [0.5, 0.6) is 11.5 Å². The number of nitrogens with one attached hydrogen (secondary N) is 1. The van der Waals surface area contributed by atoms with Gasteiger partial charge in [-0.05, 0) is 48.9 Å². The van der Waals surface area contributed by atoms with Gasteiger partial charge in [-0.25, -0.2) is 8.42 Å². The van der Waals surface area contributed by atoms with E-state index in [4.69, 9.17) is 27.8 Å². The third kappa shape index (κ3) is 4.79. The molecule has 2 amide bonds. The number of carbonyl (C=O) groups is 2. The minimum atomic E-state index is -3.93. The van der Waals surface area contributed by atoms with Crippen molar-refractivity contribution in [1.82, 2.24) is 9.88 Å². The lowest BCUT2D eigenvalue weighted by atomic mass is 10.1. The summed E-state index contributed by atoms with van der Waals surface area (Å²) in [5, 5.41) is 0.255. The first-order valence-electron chi connectivity index (χ1n) is 11.7. The molecule has 5 N–H and O–H groups in total. The van der Waals surface area contributed by atoms with E-state index >= 15 is 0 Å². The maximum Gasteiger partial charge on any atom is 0.280 e. The highest BCUT2D eigenvalue weighted by molar-refractivity contribution is 7.90. The van der Waals surface area contributed by atoms with Gasteiger partial charge in [0.15, 0.2) is 15.8 Å². The van der Waals surface area contributed by atoms with Gasteiger partial charge in [-0.15, -0.1) is 0 Å². The van der Waals surface area contributed by atoms with Crippen molar-refractivity contribution in [2.45, 2.75) is 17.6 Å². The molecule has 1 aromatic heterocycles. The average molecular weight is 557 g/mol. The number of carbonyl (C=O) groups excluding carboxylic acids is 2. The molecule has 2 aliphatic rings. The summed E-state index contributed by atoms with van der Waals surface area (Å²) in [6.45, 7) is 3.72. The molecule has 0 aliphatic carbocycles. The fourth-order valence-corrected chi connectivity index (χ4v) is 6.48. The van der Waals surface area contributed by atoms with E-state index in [9.17, 15) is 18.0 Å². The number of ether oxygens (including phenoxy) is 1. The first-order valence-corrected chi connectivity index (χ1v) is 13.8. The van der Waals surface area contributed by atoms with Gasteiger partial charge in [-0.2, -0.15) is 4.99 Å². The van der Waals surface area contributed by atoms with Crippen molar-refractivity contribution >= 4 is 44.9 Å². The molecule has 2 aromatic carbocycles. The Morgan fingerprint density at radius 2 is 1.82 bits per heavy atom. The number of aromatic amines is 1. The number of aryl methyl sites for hydroxylation is 1. The second-order valence-electron chi connectivity index (χ2n) is 9.10. The molecule has 0 radical (unpaired) electrons. The van der Waals surface area contributed by atoms with E-state index in [-0.39, 0.29) is 38.6 Å². The number of amides is 2. The molecule has 2 aliphatic heterocycles. The molecule has 5 rings (SSSR count). The third-order valence-corrected chi connectivity index (χ3v) is 8.41. The zero-order valence-corrected chi connectivity index (χ0v) is 22.0. The summed E-state index contributed by atoms with van der Waals surface area (Å²) in [5.74, 6) is -1.31. The van der Waals surface area contributed by atoms with Gasteiger partial charge in [-0.3, -0.25) is 9.59 Å². The number of nitrogens with zero attached hydrogens (tertiary/aromatic N) is 3. The Balaban J connectivity index is 1.43. The van der Waals surface area contributed by atoms with Gasteiger partial charge < -0.3 is 31.0 Å². The fraction of sp³-hybridized carbons (Fsp3) is 0.240. The van der Waals surface area contributed by atoms with Crippen LogP contribution in [0.4, 0.5) is 5.69 Å². The summed E-state index contributed by atoms with van der Waals surface area (Å²) in [6, 6.07) is 9.67. The summed E-state index contributed by atoms with van der Waals surface area (Å²) in [6.07, 6.45) is 1.71. The zero-order valence-electron chi connectivity index (χ0n) is 20.4. The SMILES string of the molecule is Cc1cc(C(=O)N=C(N)N)cc2c1Oc1c(Cl)cc(N3CCN(C(=O)c4ccc[nH]4)CC3)cc1CS2(=O)=O. The lowest BCUT2D eigenvalue weighted by Crippen LogP contribution is -2.48. The number of guanidine groups is 1. The smallest absolute Gasteiger partial charge is 0.280 e. The van der Waals surface area contributed by atoms with Crippen molar-refractivity contribution < 1.29 is 22.7 Å². The van der Waals surface area contributed by atoms with Crippen molar-refractivity contribution in [3.63, 3.8) is 0 Å². The number of hydrogen-bond donors (Lipinski definition) is 3. The molecule has 13 heteroatoms. The largest absolute Gasteiger partial charge is 0.454 e. The van der Waals surface area contributed by atoms with E-state index in [0.29, 0.717) is 43.0 Å². The van der Waals surface area contributed by atoms with Gasteiger partial charge in [-0.1, -0.05) is 11.6 Å². The van der Waals surface area contributed by atoms with Crippen molar-refractivity contribution in [2.75, 3.05) is 31.1 Å². The Bertz CT molecular complexity index is 1570.